The topological polar surface area (TPSA) is 71.1 Å². The first-order chi connectivity index (χ1) is 17.7. The second-order valence-electron chi connectivity index (χ2n) is 7.60. The van der Waals surface area contributed by atoms with Crippen LogP contribution in [0, 0.1) is 0 Å². The van der Waals surface area contributed by atoms with E-state index >= 15 is 0 Å². The second kappa shape index (κ2) is 16.8. The minimum absolute atomic E-state index is 0.313. The van der Waals surface area contributed by atoms with Gasteiger partial charge in [0.15, 0.2) is 0 Å². The Morgan fingerprint density at radius 3 is 0.750 bits per heavy atom. The van der Waals surface area contributed by atoms with E-state index in [4.69, 9.17) is 18.1 Å². The van der Waals surface area contributed by atoms with Gasteiger partial charge < -0.3 is 18.1 Å². The fourth-order valence-electron chi connectivity index (χ4n) is 2.95. The van der Waals surface area contributed by atoms with Crippen molar-refractivity contribution in [2.45, 2.75) is 26.4 Å². The van der Waals surface area contributed by atoms with Gasteiger partial charge in [0.05, 0.1) is 26.4 Å². The molecule has 8 heteroatoms. The summed E-state index contributed by atoms with van der Waals surface area (Å²) >= 11 is 0. The maximum atomic E-state index is 11.5. The summed E-state index contributed by atoms with van der Waals surface area (Å²) in [6, 6.07) is 38.4. The molecule has 0 saturated heterocycles. The molecule has 6 nitrogen and oxygen atoms in total. The van der Waals surface area contributed by atoms with Gasteiger partial charge in [0.25, 0.3) is 0 Å². The summed E-state index contributed by atoms with van der Waals surface area (Å²) in [5.41, 5.74) is 3.94. The molecule has 0 amide bonds. The van der Waals surface area contributed by atoms with Crippen LogP contribution in [0.15, 0.2) is 121 Å². The average Bonchev–Trinajstić information content (AvgIpc) is 2.95. The Bertz CT molecular complexity index is 974. The molecule has 0 spiro atoms. The van der Waals surface area contributed by atoms with E-state index in [-0.39, 0.29) is 0 Å². The molecule has 0 saturated carbocycles. The lowest BCUT2D eigenvalue weighted by atomic mass is 10.2. The molecule has 0 heterocycles. The predicted octanol–water partition coefficient (Wildman–Crippen LogP) is 7.62. The Morgan fingerprint density at radius 1 is 0.361 bits per heavy atom. The van der Waals surface area contributed by atoms with Crippen molar-refractivity contribution in [3.8, 4) is 0 Å². The Balaban J connectivity index is 0.000000201. The number of hydrogen-bond donors (Lipinski definition) is 0. The van der Waals surface area contributed by atoms with Crippen molar-refractivity contribution in [1.82, 2.24) is 0 Å². The van der Waals surface area contributed by atoms with Crippen molar-refractivity contribution in [3.05, 3.63) is 144 Å². The van der Waals surface area contributed by atoms with Gasteiger partial charge >= 0.3 is 16.5 Å². The summed E-state index contributed by atoms with van der Waals surface area (Å²) in [5, 5.41) is 0. The summed E-state index contributed by atoms with van der Waals surface area (Å²) in [5.74, 6) is 0. The maximum Gasteiger partial charge on any atom is 0.319 e. The standard InChI is InChI=1S/2C14H15O3P/c2*15-18(16-11-13-7-3-1-4-8-13)17-12-14-9-5-2-6-10-14/h2*1-10,18H,11-12H2. The summed E-state index contributed by atoms with van der Waals surface area (Å²) in [7, 11) is -4.87. The van der Waals surface area contributed by atoms with Crippen molar-refractivity contribution >= 4 is 16.5 Å². The van der Waals surface area contributed by atoms with Crippen LogP contribution < -0.4 is 0 Å². The molecule has 4 aromatic carbocycles. The molecule has 0 unspecified atom stereocenters. The third-order valence-corrected chi connectivity index (χ3v) is 6.32. The number of benzene rings is 4. The first-order valence-corrected chi connectivity index (χ1v) is 13.9. The van der Waals surface area contributed by atoms with Gasteiger partial charge in [-0.25, -0.2) is 0 Å². The fraction of sp³-hybridized carbons (Fsp3) is 0.143. The SMILES string of the molecule is O=[PH](OCc1ccccc1)OCc1ccccc1.O=[PH](OCc1ccccc1)OCc1ccccc1. The third kappa shape index (κ3) is 11.7. The molecule has 4 aromatic rings. The molecular weight excluding hydrogens is 494 g/mol. The monoisotopic (exact) mass is 524 g/mol. The fourth-order valence-corrected chi connectivity index (χ4v) is 4.25. The minimum Gasteiger partial charge on any atom is -0.306 e. The molecule has 0 aliphatic rings. The van der Waals surface area contributed by atoms with E-state index in [0.29, 0.717) is 26.4 Å². The summed E-state index contributed by atoms with van der Waals surface area (Å²) in [6.45, 7) is 1.25. The lowest BCUT2D eigenvalue weighted by Gasteiger charge is -2.05. The number of hydrogen-bond acceptors (Lipinski definition) is 6. The zero-order chi connectivity index (χ0) is 25.3. The van der Waals surface area contributed by atoms with Gasteiger partial charge in [0.2, 0.25) is 0 Å². The van der Waals surface area contributed by atoms with Crippen molar-refractivity contribution in [3.63, 3.8) is 0 Å². The normalized spacial score (nSPS) is 10.7. The van der Waals surface area contributed by atoms with Crippen molar-refractivity contribution < 1.29 is 27.2 Å². The Morgan fingerprint density at radius 2 is 0.556 bits per heavy atom. The van der Waals surface area contributed by atoms with E-state index in [2.05, 4.69) is 0 Å². The van der Waals surface area contributed by atoms with Crippen molar-refractivity contribution in [2.75, 3.05) is 0 Å². The smallest absolute Gasteiger partial charge is 0.306 e. The van der Waals surface area contributed by atoms with Crippen LogP contribution in [0.3, 0.4) is 0 Å². The summed E-state index contributed by atoms with van der Waals surface area (Å²) in [4.78, 5) is 0. The van der Waals surface area contributed by atoms with Crippen molar-refractivity contribution in [2.24, 2.45) is 0 Å². The summed E-state index contributed by atoms with van der Waals surface area (Å²) < 4.78 is 43.8. The zero-order valence-electron chi connectivity index (χ0n) is 19.8. The molecule has 0 fully saturated rings. The van der Waals surface area contributed by atoms with Gasteiger partial charge in [0.1, 0.15) is 0 Å². The van der Waals surface area contributed by atoms with E-state index in [0.717, 1.165) is 22.3 Å². The molecule has 188 valence electrons. The van der Waals surface area contributed by atoms with Gasteiger partial charge in [-0.3, -0.25) is 9.13 Å². The summed E-state index contributed by atoms with van der Waals surface area (Å²) in [6.07, 6.45) is 0. The van der Waals surface area contributed by atoms with Gasteiger partial charge in [-0.05, 0) is 22.3 Å². The molecule has 0 aliphatic carbocycles. The highest BCUT2D eigenvalue weighted by atomic mass is 31.1. The van der Waals surface area contributed by atoms with E-state index in [1.807, 2.05) is 121 Å². The molecule has 4 rings (SSSR count). The molecule has 0 bridgehead atoms. The Labute approximate surface area is 213 Å². The lowest BCUT2D eigenvalue weighted by molar-refractivity contribution is 0.212. The third-order valence-electron chi connectivity index (χ3n) is 4.80. The van der Waals surface area contributed by atoms with E-state index in [1.165, 1.54) is 0 Å². The first kappa shape index (κ1) is 27.8. The van der Waals surface area contributed by atoms with Crippen LogP contribution in [-0.2, 0) is 53.7 Å². The number of rotatable bonds is 12. The average molecular weight is 524 g/mol. The molecule has 0 aromatic heterocycles. The lowest BCUT2D eigenvalue weighted by Crippen LogP contribution is -1.89. The van der Waals surface area contributed by atoms with Crippen LogP contribution in [0.5, 0.6) is 0 Å². The zero-order valence-corrected chi connectivity index (χ0v) is 21.8. The molecular formula is C28H30O6P2. The predicted molar refractivity (Wildman–Crippen MR) is 143 cm³/mol. The van der Waals surface area contributed by atoms with E-state index < -0.39 is 16.5 Å². The molecule has 0 atom stereocenters. The second-order valence-corrected chi connectivity index (χ2v) is 9.75. The Kier molecular flexibility index (Phi) is 12.9. The van der Waals surface area contributed by atoms with Gasteiger partial charge in [-0.1, -0.05) is 121 Å². The van der Waals surface area contributed by atoms with Gasteiger partial charge in [-0.2, -0.15) is 0 Å². The van der Waals surface area contributed by atoms with Crippen LogP contribution in [0.1, 0.15) is 22.3 Å². The van der Waals surface area contributed by atoms with Crippen LogP contribution in [-0.4, -0.2) is 0 Å². The Hall–Kier alpha value is -2.82. The van der Waals surface area contributed by atoms with Crippen LogP contribution in [0.25, 0.3) is 0 Å². The highest BCUT2D eigenvalue weighted by molar-refractivity contribution is 7.33. The van der Waals surface area contributed by atoms with Gasteiger partial charge in [0, 0.05) is 0 Å². The molecule has 0 radical (unpaired) electrons. The quantitative estimate of drug-likeness (QED) is 0.178. The van der Waals surface area contributed by atoms with Crippen LogP contribution >= 0.6 is 16.5 Å². The maximum absolute atomic E-state index is 11.5. The highest BCUT2D eigenvalue weighted by Gasteiger charge is 2.02. The van der Waals surface area contributed by atoms with E-state index in [9.17, 15) is 9.13 Å². The van der Waals surface area contributed by atoms with Gasteiger partial charge in [-0.15, -0.1) is 0 Å². The molecule has 36 heavy (non-hydrogen) atoms. The van der Waals surface area contributed by atoms with E-state index in [1.54, 1.807) is 0 Å². The largest absolute Gasteiger partial charge is 0.319 e. The highest BCUT2D eigenvalue weighted by Crippen LogP contribution is 2.28. The molecule has 0 N–H and O–H groups in total. The van der Waals surface area contributed by atoms with Crippen molar-refractivity contribution in [1.29, 1.82) is 0 Å². The minimum atomic E-state index is -2.43. The molecule has 0 aliphatic heterocycles. The van der Waals surface area contributed by atoms with Crippen LogP contribution in [0.2, 0.25) is 0 Å². The van der Waals surface area contributed by atoms with Crippen LogP contribution in [0.4, 0.5) is 0 Å². The first-order valence-electron chi connectivity index (χ1n) is 11.4.